The van der Waals surface area contributed by atoms with E-state index in [1.807, 2.05) is 20.8 Å². The number of ether oxygens (including phenoxy) is 2. The van der Waals surface area contributed by atoms with Gasteiger partial charge in [-0.05, 0) is 26.7 Å². The van der Waals surface area contributed by atoms with E-state index in [4.69, 9.17) is 9.47 Å². The van der Waals surface area contributed by atoms with Gasteiger partial charge in [0.1, 0.15) is 0 Å². The van der Waals surface area contributed by atoms with Crippen LogP contribution in [-0.2, 0) is 14.3 Å². The van der Waals surface area contributed by atoms with Gasteiger partial charge in [0.15, 0.2) is 0 Å². The molecule has 1 aliphatic rings. The van der Waals surface area contributed by atoms with Crippen LogP contribution >= 0.6 is 0 Å². The molecule has 0 spiro atoms. The molecule has 0 aliphatic carbocycles. The molecule has 1 heterocycles. The highest BCUT2D eigenvalue weighted by Gasteiger charge is 2.34. The number of esters is 1. The van der Waals surface area contributed by atoms with Crippen molar-refractivity contribution in [2.75, 3.05) is 6.61 Å². The minimum atomic E-state index is -0.0978. The highest BCUT2D eigenvalue weighted by Crippen LogP contribution is 2.24. The zero-order valence-electron chi connectivity index (χ0n) is 8.58. The number of carbonyl (C=O) groups is 1. The molecule has 2 unspecified atom stereocenters. The molecule has 0 amide bonds. The molecule has 13 heavy (non-hydrogen) atoms. The molecule has 1 saturated heterocycles. The normalized spacial score (nSPS) is 28.0. The van der Waals surface area contributed by atoms with Gasteiger partial charge in [0.05, 0.1) is 18.1 Å². The maximum atomic E-state index is 11.5. The monoisotopic (exact) mass is 186 g/mol. The van der Waals surface area contributed by atoms with Crippen molar-refractivity contribution in [3.8, 4) is 0 Å². The van der Waals surface area contributed by atoms with E-state index in [0.29, 0.717) is 6.61 Å². The Balaban J connectivity index is 2.45. The lowest BCUT2D eigenvalue weighted by molar-refractivity contribution is -0.154. The third kappa shape index (κ3) is 2.69. The topological polar surface area (TPSA) is 35.5 Å². The van der Waals surface area contributed by atoms with Crippen LogP contribution < -0.4 is 0 Å². The molecular weight excluding hydrogens is 168 g/mol. The Bertz CT molecular complexity index is 177. The van der Waals surface area contributed by atoms with Crippen LogP contribution in [0.1, 0.15) is 33.6 Å². The molecule has 1 rings (SSSR count). The van der Waals surface area contributed by atoms with Crippen LogP contribution in [0.15, 0.2) is 0 Å². The Hall–Kier alpha value is -0.570. The predicted octanol–water partition coefficient (Wildman–Crippen LogP) is 1.75. The first-order valence-electron chi connectivity index (χ1n) is 4.97. The fraction of sp³-hybridized carbons (Fsp3) is 0.900. The predicted molar refractivity (Wildman–Crippen MR) is 49.4 cm³/mol. The number of hydrogen-bond acceptors (Lipinski definition) is 3. The second kappa shape index (κ2) is 4.61. The first kappa shape index (κ1) is 10.5. The summed E-state index contributed by atoms with van der Waals surface area (Å²) in [5.74, 6) is -0.133. The number of rotatable bonds is 3. The Morgan fingerprint density at radius 2 is 2.31 bits per heavy atom. The fourth-order valence-electron chi connectivity index (χ4n) is 1.64. The van der Waals surface area contributed by atoms with Gasteiger partial charge in [-0.2, -0.15) is 0 Å². The Kier molecular flexibility index (Phi) is 3.72. The van der Waals surface area contributed by atoms with Crippen LogP contribution in [0.4, 0.5) is 0 Å². The summed E-state index contributed by atoms with van der Waals surface area (Å²) in [5, 5.41) is 0. The smallest absolute Gasteiger partial charge is 0.311 e. The lowest BCUT2D eigenvalue weighted by Crippen LogP contribution is -2.27. The maximum absolute atomic E-state index is 11.5. The minimum Gasteiger partial charge on any atom is -0.463 e. The minimum absolute atomic E-state index is 0.0226. The molecule has 3 nitrogen and oxygen atoms in total. The number of carbonyl (C=O) groups excluding carboxylic acids is 1. The van der Waals surface area contributed by atoms with Crippen molar-refractivity contribution in [2.45, 2.75) is 45.8 Å². The molecule has 0 bridgehead atoms. The summed E-state index contributed by atoms with van der Waals surface area (Å²) in [6.07, 6.45) is 1.75. The van der Waals surface area contributed by atoms with E-state index in [1.165, 1.54) is 0 Å². The second-order valence-corrected chi connectivity index (χ2v) is 3.70. The van der Waals surface area contributed by atoms with Gasteiger partial charge in [-0.15, -0.1) is 0 Å². The van der Waals surface area contributed by atoms with Crippen molar-refractivity contribution in [3.05, 3.63) is 0 Å². The molecule has 0 saturated carbocycles. The Morgan fingerprint density at radius 3 is 2.85 bits per heavy atom. The molecule has 0 N–H and O–H groups in total. The summed E-state index contributed by atoms with van der Waals surface area (Å²) < 4.78 is 10.6. The van der Waals surface area contributed by atoms with Gasteiger partial charge in [0.2, 0.25) is 0 Å². The summed E-state index contributed by atoms with van der Waals surface area (Å²) in [7, 11) is 0. The molecule has 2 atom stereocenters. The molecule has 1 fully saturated rings. The maximum Gasteiger partial charge on any atom is 0.311 e. The lowest BCUT2D eigenvalue weighted by Gasteiger charge is -2.17. The Labute approximate surface area is 79.4 Å². The number of hydrogen-bond donors (Lipinski definition) is 0. The summed E-state index contributed by atoms with van der Waals surface area (Å²) in [4.78, 5) is 11.5. The van der Waals surface area contributed by atoms with Crippen LogP contribution in [0, 0.1) is 5.92 Å². The van der Waals surface area contributed by atoms with Crippen LogP contribution in [-0.4, -0.2) is 24.8 Å². The van der Waals surface area contributed by atoms with Gasteiger partial charge in [-0.25, -0.2) is 0 Å². The average molecular weight is 186 g/mol. The largest absolute Gasteiger partial charge is 0.463 e. The molecule has 0 aromatic heterocycles. The zero-order chi connectivity index (χ0) is 9.84. The van der Waals surface area contributed by atoms with Crippen LogP contribution in [0.2, 0.25) is 0 Å². The van der Waals surface area contributed by atoms with Crippen LogP contribution in [0.25, 0.3) is 0 Å². The van der Waals surface area contributed by atoms with Crippen LogP contribution in [0.3, 0.4) is 0 Å². The molecule has 0 radical (unpaired) electrons. The molecule has 3 heteroatoms. The third-order valence-corrected chi connectivity index (χ3v) is 2.27. The lowest BCUT2D eigenvalue weighted by atomic mass is 10.00. The quantitative estimate of drug-likeness (QED) is 0.630. The first-order chi connectivity index (χ1) is 6.15. The summed E-state index contributed by atoms with van der Waals surface area (Å²) in [5.41, 5.74) is 0. The van der Waals surface area contributed by atoms with E-state index in [9.17, 15) is 4.79 Å². The van der Waals surface area contributed by atoms with Crippen molar-refractivity contribution < 1.29 is 14.3 Å². The zero-order valence-corrected chi connectivity index (χ0v) is 8.58. The van der Waals surface area contributed by atoms with E-state index in [-0.39, 0.29) is 24.1 Å². The van der Waals surface area contributed by atoms with E-state index in [1.54, 1.807) is 0 Å². The average Bonchev–Trinajstić information content (AvgIpc) is 2.49. The highest BCUT2D eigenvalue weighted by atomic mass is 16.5. The van der Waals surface area contributed by atoms with Crippen molar-refractivity contribution >= 4 is 5.97 Å². The van der Waals surface area contributed by atoms with E-state index in [2.05, 4.69) is 0 Å². The van der Waals surface area contributed by atoms with Crippen molar-refractivity contribution in [1.29, 1.82) is 0 Å². The molecule has 76 valence electrons. The summed E-state index contributed by atoms with van der Waals surface area (Å²) in [6, 6.07) is 0. The summed E-state index contributed by atoms with van der Waals surface area (Å²) >= 11 is 0. The second-order valence-electron chi connectivity index (χ2n) is 3.70. The van der Waals surface area contributed by atoms with Crippen molar-refractivity contribution in [1.82, 2.24) is 0 Å². The SMILES string of the molecule is CCC1OCCC1C(=O)OC(C)C. The standard InChI is InChI=1S/C10H18O3/c1-4-9-8(5-6-12-9)10(11)13-7(2)3/h7-9H,4-6H2,1-3H3. The fourth-order valence-corrected chi connectivity index (χ4v) is 1.64. The molecule has 0 aromatic carbocycles. The van der Waals surface area contributed by atoms with Gasteiger partial charge in [-0.1, -0.05) is 6.92 Å². The third-order valence-electron chi connectivity index (χ3n) is 2.27. The van der Waals surface area contributed by atoms with Gasteiger partial charge < -0.3 is 9.47 Å². The van der Waals surface area contributed by atoms with Crippen molar-refractivity contribution in [2.24, 2.45) is 5.92 Å². The van der Waals surface area contributed by atoms with E-state index in [0.717, 1.165) is 12.8 Å². The van der Waals surface area contributed by atoms with Crippen molar-refractivity contribution in [3.63, 3.8) is 0 Å². The Morgan fingerprint density at radius 1 is 1.62 bits per heavy atom. The summed E-state index contributed by atoms with van der Waals surface area (Å²) in [6.45, 7) is 6.46. The van der Waals surface area contributed by atoms with Gasteiger partial charge in [-0.3, -0.25) is 4.79 Å². The van der Waals surface area contributed by atoms with Gasteiger partial charge in [0.25, 0.3) is 0 Å². The molecular formula is C10H18O3. The van der Waals surface area contributed by atoms with Crippen LogP contribution in [0.5, 0.6) is 0 Å². The van der Waals surface area contributed by atoms with E-state index < -0.39 is 0 Å². The van der Waals surface area contributed by atoms with E-state index >= 15 is 0 Å². The molecule has 1 aliphatic heterocycles. The molecule has 0 aromatic rings. The van der Waals surface area contributed by atoms with Gasteiger partial charge in [0, 0.05) is 6.61 Å². The highest BCUT2D eigenvalue weighted by molar-refractivity contribution is 5.73. The van der Waals surface area contributed by atoms with Gasteiger partial charge >= 0.3 is 5.97 Å². The first-order valence-corrected chi connectivity index (χ1v) is 4.97.